The molecule has 10 heteroatoms. The maximum absolute atomic E-state index is 13.0. The van der Waals surface area contributed by atoms with Gasteiger partial charge in [0.05, 0.1) is 28.8 Å². The lowest BCUT2D eigenvalue weighted by atomic mass is 9.85. The molecule has 0 saturated carbocycles. The average Bonchev–Trinajstić information content (AvgIpc) is 2.75. The van der Waals surface area contributed by atoms with Crippen molar-refractivity contribution in [2.24, 2.45) is 0 Å². The van der Waals surface area contributed by atoms with Crippen LogP contribution in [0, 0.1) is 0 Å². The molecule has 3 aromatic rings. The van der Waals surface area contributed by atoms with Gasteiger partial charge < -0.3 is 29.4 Å². The molecule has 0 amide bonds. The number of halogens is 2. The Hall–Kier alpha value is -2.78. The minimum absolute atomic E-state index is 0.0180. The number of β-amino-alcohol motifs (C(OH)–C–C–N with tert-alkyl or cyclic N) is 1. The number of rotatable bonds is 3. The fraction of sp³-hybridized carbons (Fsp3) is 0.304. The summed E-state index contributed by atoms with van der Waals surface area (Å²) in [6.07, 6.45) is -0.326. The van der Waals surface area contributed by atoms with Crippen LogP contribution in [0.2, 0.25) is 10.0 Å². The number of hydrogen-bond donors (Lipinski definition) is 3. The van der Waals surface area contributed by atoms with Gasteiger partial charge in [0.2, 0.25) is 0 Å². The van der Waals surface area contributed by atoms with Crippen molar-refractivity contribution < 1.29 is 29.3 Å². The maximum Gasteiger partial charge on any atom is 0.339 e. The van der Waals surface area contributed by atoms with Crippen LogP contribution in [-0.2, 0) is 4.74 Å². The Kier molecular flexibility index (Phi) is 6.28. The molecule has 8 nitrogen and oxygen atoms in total. The first kappa shape index (κ1) is 23.4. The molecule has 2 aromatic carbocycles. The van der Waals surface area contributed by atoms with E-state index >= 15 is 0 Å². The number of methoxy groups -OCH3 is 1. The van der Waals surface area contributed by atoms with Gasteiger partial charge in [-0.1, -0.05) is 23.2 Å². The molecule has 1 aliphatic rings. The van der Waals surface area contributed by atoms with Crippen LogP contribution in [-0.4, -0.2) is 59.5 Å². The number of aliphatic hydroxyl groups excluding tert-OH is 1. The SMILES string of the molecule is COC(=O)c1cc(Cl)c(-c2cc(=O)c3c(O)cc(O)c([C@H]4CCN(C)C[C@H]4O)c3o2)cc1Cl. The van der Waals surface area contributed by atoms with Gasteiger partial charge >= 0.3 is 5.97 Å². The van der Waals surface area contributed by atoms with E-state index in [2.05, 4.69) is 4.74 Å². The second-order valence-corrected chi connectivity index (χ2v) is 8.85. The molecule has 1 fully saturated rings. The van der Waals surface area contributed by atoms with E-state index in [0.717, 1.165) is 12.1 Å². The van der Waals surface area contributed by atoms with Crippen LogP contribution in [0.1, 0.15) is 28.3 Å². The Labute approximate surface area is 198 Å². The molecule has 2 heterocycles. The summed E-state index contributed by atoms with van der Waals surface area (Å²) in [7, 11) is 3.08. The Morgan fingerprint density at radius 2 is 1.88 bits per heavy atom. The Balaban J connectivity index is 1.96. The van der Waals surface area contributed by atoms with Crippen LogP contribution < -0.4 is 5.43 Å². The number of nitrogens with zero attached hydrogens (tertiary/aromatic N) is 1. The van der Waals surface area contributed by atoms with Crippen LogP contribution in [0.25, 0.3) is 22.3 Å². The topological polar surface area (TPSA) is 120 Å². The number of carbonyl (C=O) groups is 1. The maximum atomic E-state index is 13.0. The molecule has 4 rings (SSSR count). The summed E-state index contributed by atoms with van der Waals surface area (Å²) in [5.74, 6) is -1.92. The Morgan fingerprint density at radius 1 is 1.15 bits per heavy atom. The second-order valence-electron chi connectivity index (χ2n) is 8.04. The van der Waals surface area contributed by atoms with Crippen molar-refractivity contribution in [3.63, 3.8) is 0 Å². The zero-order chi connectivity index (χ0) is 24.0. The highest BCUT2D eigenvalue weighted by molar-refractivity contribution is 6.37. The van der Waals surface area contributed by atoms with Crippen molar-refractivity contribution in [1.82, 2.24) is 4.90 Å². The predicted molar refractivity (Wildman–Crippen MR) is 123 cm³/mol. The molecule has 33 heavy (non-hydrogen) atoms. The summed E-state index contributed by atoms with van der Waals surface area (Å²) >= 11 is 12.6. The molecular formula is C23H21Cl2NO7. The van der Waals surface area contributed by atoms with Gasteiger partial charge in [0.25, 0.3) is 0 Å². The van der Waals surface area contributed by atoms with E-state index in [1.54, 1.807) is 0 Å². The summed E-state index contributed by atoms with van der Waals surface area (Å²) in [5, 5.41) is 31.7. The standard InChI is InChI=1S/C23H21Cl2NO7/c1-26-4-3-10(18(30)9-26)20-15(27)7-16(28)21-17(29)8-19(33-22(20)21)11-5-14(25)12(6-13(11)24)23(31)32-2/h5-8,10,18,27-28,30H,3-4,9H2,1-2H3/t10-,18+/m0/s1. The molecule has 2 atom stereocenters. The number of likely N-dealkylation sites (N-methyl/N-ethyl adjacent to an activating group) is 1. The first-order valence-corrected chi connectivity index (χ1v) is 10.8. The van der Waals surface area contributed by atoms with Crippen LogP contribution in [0.4, 0.5) is 0 Å². The van der Waals surface area contributed by atoms with E-state index in [1.807, 2.05) is 11.9 Å². The number of aromatic hydroxyl groups is 2. The fourth-order valence-electron chi connectivity index (χ4n) is 4.24. The molecule has 1 aromatic heterocycles. The number of likely N-dealkylation sites (tertiary alicyclic amines) is 1. The predicted octanol–water partition coefficient (Wildman–Crippen LogP) is 3.74. The highest BCUT2D eigenvalue weighted by Gasteiger charge is 2.33. The second kappa shape index (κ2) is 8.87. The number of phenols is 2. The number of aliphatic hydroxyl groups is 1. The largest absolute Gasteiger partial charge is 0.507 e. The van der Waals surface area contributed by atoms with Crippen LogP contribution in [0.3, 0.4) is 0 Å². The number of esters is 1. The van der Waals surface area contributed by atoms with Gasteiger partial charge in [-0.2, -0.15) is 0 Å². The van der Waals surface area contributed by atoms with Crippen molar-refractivity contribution in [2.45, 2.75) is 18.4 Å². The molecule has 0 aliphatic carbocycles. The van der Waals surface area contributed by atoms with Crippen LogP contribution in [0.15, 0.2) is 33.5 Å². The van der Waals surface area contributed by atoms with E-state index in [0.29, 0.717) is 19.5 Å². The third kappa shape index (κ3) is 4.15. The summed E-state index contributed by atoms with van der Waals surface area (Å²) < 4.78 is 10.7. The highest BCUT2D eigenvalue weighted by atomic mass is 35.5. The number of benzene rings is 2. The Morgan fingerprint density at radius 3 is 2.55 bits per heavy atom. The number of ether oxygens (including phenoxy) is 1. The van der Waals surface area contributed by atoms with E-state index in [4.69, 9.17) is 27.6 Å². The summed E-state index contributed by atoms with van der Waals surface area (Å²) in [5.41, 5.74) is -0.118. The van der Waals surface area contributed by atoms with E-state index in [1.165, 1.54) is 19.2 Å². The Bertz CT molecular complexity index is 1320. The molecule has 174 valence electrons. The first-order valence-electron chi connectivity index (χ1n) is 10.1. The van der Waals surface area contributed by atoms with Gasteiger partial charge in [0.1, 0.15) is 28.2 Å². The third-order valence-electron chi connectivity index (χ3n) is 5.88. The molecule has 0 unspecified atom stereocenters. The summed E-state index contributed by atoms with van der Waals surface area (Å²) in [6.45, 7) is 1.02. The molecule has 1 saturated heterocycles. The smallest absolute Gasteiger partial charge is 0.339 e. The molecule has 0 bridgehead atoms. The van der Waals surface area contributed by atoms with Crippen LogP contribution >= 0.6 is 23.2 Å². The number of piperidine rings is 1. The highest BCUT2D eigenvalue weighted by Crippen LogP contribution is 2.43. The number of fused-ring (bicyclic) bond motifs is 1. The van der Waals surface area contributed by atoms with Gasteiger partial charge in [0.15, 0.2) is 5.43 Å². The van der Waals surface area contributed by atoms with Crippen molar-refractivity contribution in [3.8, 4) is 22.8 Å². The van der Waals surface area contributed by atoms with Gasteiger partial charge in [-0.15, -0.1) is 0 Å². The van der Waals surface area contributed by atoms with Crippen LogP contribution in [0.5, 0.6) is 11.5 Å². The van der Waals surface area contributed by atoms with Gasteiger partial charge in [-0.3, -0.25) is 4.79 Å². The molecular weight excluding hydrogens is 473 g/mol. The van der Waals surface area contributed by atoms with Crippen molar-refractivity contribution in [3.05, 3.63) is 55.7 Å². The minimum atomic E-state index is -0.825. The van der Waals surface area contributed by atoms with Gasteiger partial charge in [0, 0.05) is 35.7 Å². The number of carbonyl (C=O) groups excluding carboxylic acids is 1. The summed E-state index contributed by atoms with van der Waals surface area (Å²) in [4.78, 5) is 26.8. The fourth-order valence-corrected chi connectivity index (χ4v) is 4.74. The number of hydrogen-bond acceptors (Lipinski definition) is 8. The molecule has 0 spiro atoms. The average molecular weight is 494 g/mol. The molecule has 1 aliphatic heterocycles. The monoisotopic (exact) mass is 493 g/mol. The summed E-state index contributed by atoms with van der Waals surface area (Å²) in [6, 6.07) is 4.89. The van der Waals surface area contributed by atoms with Crippen molar-refractivity contribution in [2.75, 3.05) is 27.2 Å². The van der Waals surface area contributed by atoms with Crippen molar-refractivity contribution in [1.29, 1.82) is 0 Å². The minimum Gasteiger partial charge on any atom is -0.507 e. The quantitative estimate of drug-likeness (QED) is 0.471. The van der Waals surface area contributed by atoms with E-state index < -0.39 is 29.2 Å². The first-order chi connectivity index (χ1) is 15.6. The molecule has 3 N–H and O–H groups in total. The lowest BCUT2D eigenvalue weighted by Gasteiger charge is -2.34. The zero-order valence-electron chi connectivity index (χ0n) is 17.8. The van der Waals surface area contributed by atoms with E-state index in [9.17, 15) is 24.9 Å². The zero-order valence-corrected chi connectivity index (χ0v) is 19.3. The molecule has 0 radical (unpaired) electrons. The lowest BCUT2D eigenvalue weighted by Crippen LogP contribution is -2.40. The van der Waals surface area contributed by atoms with Gasteiger partial charge in [-0.25, -0.2) is 4.79 Å². The van der Waals surface area contributed by atoms with Crippen molar-refractivity contribution >= 4 is 40.1 Å². The normalized spacial score (nSPS) is 19.1. The third-order valence-corrected chi connectivity index (χ3v) is 6.51. The van der Waals surface area contributed by atoms with E-state index in [-0.39, 0.29) is 49.2 Å². The lowest BCUT2D eigenvalue weighted by molar-refractivity contribution is 0.0600. The van der Waals surface area contributed by atoms with Gasteiger partial charge in [-0.05, 0) is 32.1 Å². The number of phenolic OH excluding ortho intramolecular Hbond substituents is 2.